The molecule has 2 aromatic heterocycles. The number of hydrogen-bond donors (Lipinski definition) is 0. The normalized spacial score (nSPS) is 9.54. The number of aromatic carboxylic acids is 1. The molecular formula is C8H5KN2O2. The molecule has 4 nitrogen and oxygen atoms in total. The van der Waals surface area contributed by atoms with Crippen molar-refractivity contribution in [2.75, 3.05) is 0 Å². The number of hydrogen-bond acceptors (Lipinski definition) is 3. The minimum absolute atomic E-state index is 0. The molecule has 0 aliphatic rings. The monoisotopic (exact) mass is 200 g/mol. The van der Waals surface area contributed by atoms with E-state index in [0.29, 0.717) is 5.52 Å². The summed E-state index contributed by atoms with van der Waals surface area (Å²) in [6, 6.07) is 3.43. The summed E-state index contributed by atoms with van der Waals surface area (Å²) in [6.07, 6.45) is 4.86. The maximum Gasteiger partial charge on any atom is 1.00 e. The fourth-order valence-corrected chi connectivity index (χ4v) is 1.13. The molecule has 0 bridgehead atoms. The van der Waals surface area contributed by atoms with Crippen molar-refractivity contribution in [1.29, 1.82) is 0 Å². The second-order valence-electron chi connectivity index (χ2n) is 2.36. The number of fused-ring (bicyclic) bond motifs is 1. The smallest absolute Gasteiger partial charge is 0.543 e. The molecule has 2 heterocycles. The van der Waals surface area contributed by atoms with Crippen LogP contribution in [-0.2, 0) is 0 Å². The van der Waals surface area contributed by atoms with Gasteiger partial charge in [0.15, 0.2) is 0 Å². The summed E-state index contributed by atoms with van der Waals surface area (Å²) in [5.41, 5.74) is 0.528. The van der Waals surface area contributed by atoms with Crippen LogP contribution in [0.4, 0.5) is 0 Å². The van der Waals surface area contributed by atoms with Crippen molar-refractivity contribution in [3.05, 3.63) is 36.4 Å². The molecule has 0 atom stereocenters. The quantitative estimate of drug-likeness (QED) is 0.453. The Kier molecular flexibility index (Phi) is 3.63. The minimum atomic E-state index is -1.25. The van der Waals surface area contributed by atoms with Crippen molar-refractivity contribution in [3.63, 3.8) is 0 Å². The van der Waals surface area contributed by atoms with Gasteiger partial charge in [0.1, 0.15) is 5.69 Å². The molecule has 0 N–H and O–H groups in total. The average Bonchev–Trinajstić information content (AvgIpc) is 2.49. The van der Waals surface area contributed by atoms with E-state index in [0.717, 1.165) is 0 Å². The molecule has 13 heavy (non-hydrogen) atoms. The van der Waals surface area contributed by atoms with Crippen molar-refractivity contribution >= 4 is 11.5 Å². The summed E-state index contributed by atoms with van der Waals surface area (Å²) in [7, 11) is 0. The SMILES string of the molecule is O=C([O-])c1nccn2cccc12.[K+]. The Morgan fingerprint density at radius 3 is 2.92 bits per heavy atom. The van der Waals surface area contributed by atoms with Gasteiger partial charge in [0.25, 0.3) is 0 Å². The predicted molar refractivity (Wildman–Crippen MR) is 39.5 cm³/mol. The first-order valence-corrected chi connectivity index (χ1v) is 3.42. The van der Waals surface area contributed by atoms with E-state index in [2.05, 4.69) is 4.98 Å². The van der Waals surface area contributed by atoms with Crippen LogP contribution in [0, 0.1) is 0 Å². The van der Waals surface area contributed by atoms with Crippen molar-refractivity contribution in [3.8, 4) is 0 Å². The Morgan fingerprint density at radius 2 is 2.23 bits per heavy atom. The summed E-state index contributed by atoms with van der Waals surface area (Å²) < 4.78 is 1.68. The number of nitrogens with zero attached hydrogens (tertiary/aromatic N) is 2. The van der Waals surface area contributed by atoms with Crippen LogP contribution in [0.1, 0.15) is 10.5 Å². The maximum atomic E-state index is 10.5. The predicted octanol–water partition coefficient (Wildman–Crippen LogP) is -3.30. The zero-order chi connectivity index (χ0) is 8.55. The van der Waals surface area contributed by atoms with Gasteiger partial charge >= 0.3 is 51.4 Å². The maximum absolute atomic E-state index is 10.5. The third kappa shape index (κ3) is 2.00. The standard InChI is InChI=1S/C8H6N2O2.K/c11-8(12)7-6-2-1-4-10(6)5-3-9-7;/h1-5H,(H,11,12);/q;+1/p-1. The van der Waals surface area contributed by atoms with Gasteiger partial charge in [-0.3, -0.25) is 4.98 Å². The molecular weight excluding hydrogens is 195 g/mol. The zero-order valence-electron chi connectivity index (χ0n) is 7.10. The summed E-state index contributed by atoms with van der Waals surface area (Å²) >= 11 is 0. The molecule has 0 aromatic carbocycles. The Labute approximate surface area is 117 Å². The van der Waals surface area contributed by atoms with Crippen LogP contribution in [0.2, 0.25) is 0 Å². The second kappa shape index (κ2) is 4.34. The van der Waals surface area contributed by atoms with Crippen molar-refractivity contribution in [2.24, 2.45) is 0 Å². The largest absolute Gasteiger partial charge is 1.00 e. The number of carbonyl (C=O) groups excluding carboxylic acids is 1. The summed E-state index contributed by atoms with van der Waals surface area (Å²) in [5, 5.41) is 10.5. The first-order valence-electron chi connectivity index (χ1n) is 3.42. The topological polar surface area (TPSA) is 57.4 Å². The minimum Gasteiger partial charge on any atom is -0.543 e. The molecule has 0 unspecified atom stereocenters. The van der Waals surface area contributed by atoms with Crippen LogP contribution in [0.15, 0.2) is 30.7 Å². The van der Waals surface area contributed by atoms with Crippen molar-refractivity contribution in [2.45, 2.75) is 0 Å². The fraction of sp³-hybridized carbons (Fsp3) is 0. The Morgan fingerprint density at radius 1 is 1.46 bits per heavy atom. The Balaban J connectivity index is 0.000000845. The summed E-state index contributed by atoms with van der Waals surface area (Å²) in [4.78, 5) is 14.2. The van der Waals surface area contributed by atoms with E-state index in [9.17, 15) is 9.90 Å². The number of carboxylic acids is 1. The molecule has 60 valence electrons. The third-order valence-electron chi connectivity index (χ3n) is 1.65. The van der Waals surface area contributed by atoms with Gasteiger partial charge < -0.3 is 14.3 Å². The molecule has 2 aromatic rings. The van der Waals surface area contributed by atoms with E-state index < -0.39 is 5.97 Å². The van der Waals surface area contributed by atoms with Crippen molar-refractivity contribution in [1.82, 2.24) is 9.38 Å². The summed E-state index contributed by atoms with van der Waals surface area (Å²) in [5.74, 6) is -1.25. The number of aromatic nitrogens is 2. The molecule has 0 aliphatic heterocycles. The second-order valence-corrected chi connectivity index (χ2v) is 2.36. The molecule has 0 fully saturated rings. The van der Waals surface area contributed by atoms with E-state index in [4.69, 9.17) is 0 Å². The molecule has 0 aliphatic carbocycles. The van der Waals surface area contributed by atoms with E-state index >= 15 is 0 Å². The van der Waals surface area contributed by atoms with Crippen LogP contribution in [0.25, 0.3) is 5.52 Å². The molecule has 0 amide bonds. The first kappa shape index (κ1) is 10.9. The Bertz CT molecular complexity index is 438. The van der Waals surface area contributed by atoms with Gasteiger partial charge in [-0.05, 0) is 12.1 Å². The number of carbonyl (C=O) groups is 1. The zero-order valence-corrected chi connectivity index (χ0v) is 10.2. The van der Waals surface area contributed by atoms with Crippen LogP contribution in [-0.4, -0.2) is 15.4 Å². The van der Waals surface area contributed by atoms with Gasteiger partial charge in [-0.25, -0.2) is 0 Å². The van der Waals surface area contributed by atoms with E-state index in [1.54, 1.807) is 28.9 Å². The molecule has 5 heteroatoms. The molecule has 0 saturated carbocycles. The summed E-state index contributed by atoms with van der Waals surface area (Å²) in [6.45, 7) is 0. The number of rotatable bonds is 1. The molecule has 0 saturated heterocycles. The number of carboxylic acid groups (broad SMARTS) is 1. The van der Waals surface area contributed by atoms with Gasteiger partial charge in [-0.1, -0.05) is 0 Å². The average molecular weight is 200 g/mol. The van der Waals surface area contributed by atoms with Crippen LogP contribution in [0.5, 0.6) is 0 Å². The third-order valence-corrected chi connectivity index (χ3v) is 1.65. The molecule has 0 spiro atoms. The van der Waals surface area contributed by atoms with E-state index in [-0.39, 0.29) is 57.1 Å². The van der Waals surface area contributed by atoms with Gasteiger partial charge in [0.2, 0.25) is 0 Å². The van der Waals surface area contributed by atoms with Crippen LogP contribution in [0.3, 0.4) is 0 Å². The fourth-order valence-electron chi connectivity index (χ4n) is 1.13. The van der Waals surface area contributed by atoms with Crippen LogP contribution >= 0.6 is 0 Å². The molecule has 2 rings (SSSR count). The Hall–Kier alpha value is -0.204. The van der Waals surface area contributed by atoms with E-state index in [1.807, 2.05) is 0 Å². The van der Waals surface area contributed by atoms with Gasteiger partial charge in [-0.2, -0.15) is 0 Å². The van der Waals surface area contributed by atoms with Gasteiger partial charge in [0, 0.05) is 18.6 Å². The first-order chi connectivity index (χ1) is 5.79. The molecule has 0 radical (unpaired) electrons. The van der Waals surface area contributed by atoms with E-state index in [1.165, 1.54) is 6.20 Å². The van der Waals surface area contributed by atoms with Gasteiger partial charge in [-0.15, -0.1) is 0 Å². The van der Waals surface area contributed by atoms with Crippen LogP contribution < -0.4 is 56.5 Å². The van der Waals surface area contributed by atoms with Gasteiger partial charge in [0.05, 0.1) is 11.5 Å². The van der Waals surface area contributed by atoms with Crippen molar-refractivity contribution < 1.29 is 61.3 Å².